The van der Waals surface area contributed by atoms with Gasteiger partial charge in [0.15, 0.2) is 0 Å². The van der Waals surface area contributed by atoms with E-state index in [-0.39, 0.29) is 30.2 Å². The number of ether oxygens (including phenoxy) is 2. The lowest BCUT2D eigenvalue weighted by atomic mass is 10.1. The molecule has 0 atom stereocenters. The third kappa shape index (κ3) is 4.56. The van der Waals surface area contributed by atoms with Gasteiger partial charge in [0, 0.05) is 11.8 Å². The number of hydrogen-bond donors (Lipinski definition) is 1. The second kappa shape index (κ2) is 8.61. The fourth-order valence-electron chi connectivity index (χ4n) is 2.20. The standard InChI is InChI=1S/C18H18N2O6/c1-3-25-17(21)12-5-8-14(9-6-12)19-15-11-13(18(22)26-4-2)7-10-16(15)20(23)24/h5-11,19H,3-4H2,1-2H3. The van der Waals surface area contributed by atoms with Crippen molar-refractivity contribution in [2.45, 2.75) is 13.8 Å². The number of nitro benzene ring substituents is 1. The maximum Gasteiger partial charge on any atom is 0.338 e. The number of esters is 2. The van der Waals surface area contributed by atoms with Crippen LogP contribution < -0.4 is 5.32 Å². The van der Waals surface area contributed by atoms with Crippen LogP contribution in [-0.2, 0) is 9.47 Å². The van der Waals surface area contributed by atoms with E-state index in [2.05, 4.69) is 5.32 Å². The van der Waals surface area contributed by atoms with Gasteiger partial charge in [0.25, 0.3) is 5.69 Å². The van der Waals surface area contributed by atoms with Crippen LogP contribution in [0.1, 0.15) is 34.6 Å². The summed E-state index contributed by atoms with van der Waals surface area (Å²) in [4.78, 5) is 34.2. The van der Waals surface area contributed by atoms with Crippen molar-refractivity contribution >= 4 is 29.0 Å². The highest BCUT2D eigenvalue weighted by Gasteiger charge is 2.18. The molecule has 26 heavy (non-hydrogen) atoms. The first-order chi connectivity index (χ1) is 12.5. The van der Waals surface area contributed by atoms with Gasteiger partial charge in [0.2, 0.25) is 0 Å². The maximum atomic E-state index is 11.8. The molecule has 2 rings (SSSR count). The van der Waals surface area contributed by atoms with Crippen LogP contribution in [0.5, 0.6) is 0 Å². The number of carbonyl (C=O) groups is 2. The largest absolute Gasteiger partial charge is 0.462 e. The van der Waals surface area contributed by atoms with Gasteiger partial charge in [-0.2, -0.15) is 0 Å². The summed E-state index contributed by atoms with van der Waals surface area (Å²) in [5.74, 6) is -1.02. The molecular weight excluding hydrogens is 340 g/mol. The zero-order valence-corrected chi connectivity index (χ0v) is 14.4. The van der Waals surface area contributed by atoms with Gasteiger partial charge < -0.3 is 14.8 Å². The van der Waals surface area contributed by atoms with Gasteiger partial charge in [0.1, 0.15) is 5.69 Å². The topological polar surface area (TPSA) is 108 Å². The number of carbonyl (C=O) groups excluding carboxylic acids is 2. The number of nitrogens with one attached hydrogen (secondary N) is 1. The van der Waals surface area contributed by atoms with E-state index in [1.165, 1.54) is 18.2 Å². The highest BCUT2D eigenvalue weighted by Crippen LogP contribution is 2.29. The fourth-order valence-corrected chi connectivity index (χ4v) is 2.20. The van der Waals surface area contributed by atoms with E-state index in [1.807, 2.05) is 0 Å². The van der Waals surface area contributed by atoms with Gasteiger partial charge in [0.05, 0.1) is 29.3 Å². The molecule has 0 radical (unpaired) electrons. The zero-order valence-electron chi connectivity index (χ0n) is 14.4. The van der Waals surface area contributed by atoms with Crippen LogP contribution in [-0.4, -0.2) is 30.1 Å². The SMILES string of the molecule is CCOC(=O)c1ccc(Nc2cc(C(=O)OCC)ccc2[N+](=O)[O-])cc1. The molecule has 0 aliphatic rings. The molecule has 8 heteroatoms. The third-order valence-electron chi connectivity index (χ3n) is 3.38. The summed E-state index contributed by atoms with van der Waals surface area (Å²) < 4.78 is 9.81. The summed E-state index contributed by atoms with van der Waals surface area (Å²) in [5, 5.41) is 14.1. The highest BCUT2D eigenvalue weighted by atomic mass is 16.6. The van der Waals surface area contributed by atoms with Gasteiger partial charge in [-0.05, 0) is 50.2 Å². The van der Waals surface area contributed by atoms with Gasteiger partial charge in [-0.25, -0.2) is 9.59 Å². The molecule has 2 aromatic rings. The summed E-state index contributed by atoms with van der Waals surface area (Å²) in [5.41, 5.74) is 1.04. The maximum absolute atomic E-state index is 11.8. The molecule has 0 amide bonds. The Balaban J connectivity index is 2.29. The molecule has 0 aromatic heterocycles. The molecule has 0 unspecified atom stereocenters. The van der Waals surface area contributed by atoms with Gasteiger partial charge in [-0.1, -0.05) is 0 Å². The molecule has 0 aliphatic heterocycles. The molecule has 0 fully saturated rings. The van der Waals surface area contributed by atoms with Gasteiger partial charge in [-0.15, -0.1) is 0 Å². The van der Waals surface area contributed by atoms with Crippen LogP contribution in [0.2, 0.25) is 0 Å². The van der Waals surface area contributed by atoms with E-state index < -0.39 is 16.9 Å². The highest BCUT2D eigenvalue weighted by molar-refractivity contribution is 5.92. The lowest BCUT2D eigenvalue weighted by Crippen LogP contribution is -2.07. The molecule has 0 bridgehead atoms. The lowest BCUT2D eigenvalue weighted by molar-refractivity contribution is -0.383. The van der Waals surface area contributed by atoms with Crippen molar-refractivity contribution < 1.29 is 24.0 Å². The van der Waals surface area contributed by atoms with Crippen molar-refractivity contribution in [3.05, 3.63) is 63.7 Å². The zero-order chi connectivity index (χ0) is 19.1. The molecule has 8 nitrogen and oxygen atoms in total. The van der Waals surface area contributed by atoms with Crippen LogP contribution in [0.4, 0.5) is 17.1 Å². The number of anilines is 2. The van der Waals surface area contributed by atoms with Crippen LogP contribution in [0.15, 0.2) is 42.5 Å². The third-order valence-corrected chi connectivity index (χ3v) is 3.38. The molecular formula is C18H18N2O6. The van der Waals surface area contributed by atoms with E-state index in [4.69, 9.17) is 9.47 Å². The minimum atomic E-state index is -0.567. The number of benzene rings is 2. The summed E-state index contributed by atoms with van der Waals surface area (Å²) in [7, 11) is 0. The predicted octanol–water partition coefficient (Wildman–Crippen LogP) is 3.69. The summed E-state index contributed by atoms with van der Waals surface area (Å²) >= 11 is 0. The Morgan fingerprint density at radius 2 is 1.50 bits per heavy atom. The average molecular weight is 358 g/mol. The summed E-state index contributed by atoms with van der Waals surface area (Å²) in [6, 6.07) is 10.2. The number of nitro groups is 1. The average Bonchev–Trinajstić information content (AvgIpc) is 2.62. The van der Waals surface area contributed by atoms with Crippen molar-refractivity contribution in [1.82, 2.24) is 0 Å². The molecule has 0 spiro atoms. The summed E-state index contributed by atoms with van der Waals surface area (Å²) in [6.45, 7) is 3.86. The van der Waals surface area contributed by atoms with Gasteiger partial charge >= 0.3 is 11.9 Å². The molecule has 2 aromatic carbocycles. The van der Waals surface area contributed by atoms with E-state index in [9.17, 15) is 19.7 Å². The predicted molar refractivity (Wildman–Crippen MR) is 94.7 cm³/mol. The smallest absolute Gasteiger partial charge is 0.338 e. The molecule has 0 saturated carbocycles. The Bertz CT molecular complexity index is 817. The number of nitrogens with zero attached hydrogens (tertiary/aromatic N) is 1. The first-order valence-electron chi connectivity index (χ1n) is 7.96. The van der Waals surface area contributed by atoms with Crippen LogP contribution >= 0.6 is 0 Å². The summed E-state index contributed by atoms with van der Waals surface area (Å²) in [6.07, 6.45) is 0. The second-order valence-corrected chi connectivity index (χ2v) is 5.13. The van der Waals surface area contributed by atoms with Crippen LogP contribution in [0.3, 0.4) is 0 Å². The van der Waals surface area contributed by atoms with E-state index >= 15 is 0 Å². The van der Waals surface area contributed by atoms with Crippen molar-refractivity contribution in [2.24, 2.45) is 0 Å². The van der Waals surface area contributed by atoms with Crippen molar-refractivity contribution in [2.75, 3.05) is 18.5 Å². The Morgan fingerprint density at radius 1 is 0.962 bits per heavy atom. The normalized spacial score (nSPS) is 10.1. The van der Waals surface area contributed by atoms with Crippen molar-refractivity contribution in [1.29, 1.82) is 0 Å². The first kappa shape index (κ1) is 18.9. The second-order valence-electron chi connectivity index (χ2n) is 5.13. The van der Waals surface area contributed by atoms with E-state index in [1.54, 1.807) is 38.1 Å². The van der Waals surface area contributed by atoms with Gasteiger partial charge in [-0.3, -0.25) is 10.1 Å². The Hall–Kier alpha value is -3.42. The minimum Gasteiger partial charge on any atom is -0.462 e. The van der Waals surface area contributed by atoms with Crippen molar-refractivity contribution in [3.8, 4) is 0 Å². The van der Waals surface area contributed by atoms with Crippen molar-refractivity contribution in [3.63, 3.8) is 0 Å². The molecule has 136 valence electrons. The Kier molecular flexibility index (Phi) is 6.26. The molecule has 1 N–H and O–H groups in total. The molecule has 0 aliphatic carbocycles. The fraction of sp³-hybridized carbons (Fsp3) is 0.222. The van der Waals surface area contributed by atoms with E-state index in [0.717, 1.165) is 0 Å². The molecule has 0 heterocycles. The minimum absolute atomic E-state index is 0.143. The Labute approximate surface area is 149 Å². The van der Waals surface area contributed by atoms with E-state index in [0.29, 0.717) is 11.3 Å². The van der Waals surface area contributed by atoms with Crippen LogP contribution in [0, 0.1) is 10.1 Å². The lowest BCUT2D eigenvalue weighted by Gasteiger charge is -2.10. The first-order valence-corrected chi connectivity index (χ1v) is 7.96. The quantitative estimate of drug-likeness (QED) is 0.457. The Morgan fingerprint density at radius 3 is 2.04 bits per heavy atom. The number of rotatable bonds is 7. The monoisotopic (exact) mass is 358 g/mol. The molecule has 0 saturated heterocycles. The number of hydrogen-bond acceptors (Lipinski definition) is 7. The van der Waals surface area contributed by atoms with Crippen LogP contribution in [0.25, 0.3) is 0 Å².